The topological polar surface area (TPSA) is 6.48 Å². The van der Waals surface area contributed by atoms with Gasteiger partial charge in [0.1, 0.15) is 0 Å². The maximum absolute atomic E-state index is 3.38. The number of rotatable bonds is 2. The van der Waals surface area contributed by atoms with Gasteiger partial charge in [-0.05, 0) is 68.4 Å². The van der Waals surface area contributed by atoms with Crippen LogP contribution < -0.4 is 0 Å². The van der Waals surface area contributed by atoms with Crippen LogP contribution in [0.15, 0.2) is 30.3 Å². The lowest BCUT2D eigenvalue weighted by atomic mass is 9.52. The molecule has 5 aliphatic rings. The van der Waals surface area contributed by atoms with Gasteiger partial charge < -0.3 is 0 Å². The molecule has 6 rings (SSSR count). The Kier molecular flexibility index (Phi) is 4.11. The summed E-state index contributed by atoms with van der Waals surface area (Å²) in [6.07, 6.45) is 9.17. The molecule has 2 heteroatoms. The van der Waals surface area contributed by atoms with E-state index in [0.29, 0.717) is 5.54 Å². The van der Waals surface area contributed by atoms with Gasteiger partial charge in [0.15, 0.2) is 0 Å². The minimum Gasteiger partial charge on any atom is -0.295 e. The molecule has 25 heavy (non-hydrogen) atoms. The van der Waals surface area contributed by atoms with E-state index < -0.39 is 0 Å². The molecular formula is C23H30N2. The van der Waals surface area contributed by atoms with Crippen LogP contribution in [0, 0.1) is 29.6 Å². The summed E-state index contributed by atoms with van der Waals surface area (Å²) in [6, 6.07) is 10.4. The average molecular weight is 335 g/mol. The van der Waals surface area contributed by atoms with Crippen molar-refractivity contribution in [2.75, 3.05) is 32.7 Å². The van der Waals surface area contributed by atoms with Gasteiger partial charge in [0.2, 0.25) is 0 Å². The summed E-state index contributed by atoms with van der Waals surface area (Å²) >= 11 is 0. The van der Waals surface area contributed by atoms with Gasteiger partial charge in [-0.15, -0.1) is 0 Å². The fourth-order valence-electron chi connectivity index (χ4n) is 6.61. The van der Waals surface area contributed by atoms with E-state index in [-0.39, 0.29) is 0 Å². The molecule has 0 amide bonds. The van der Waals surface area contributed by atoms with Crippen LogP contribution in [-0.4, -0.2) is 48.1 Å². The highest BCUT2D eigenvalue weighted by molar-refractivity contribution is 5.33. The summed E-state index contributed by atoms with van der Waals surface area (Å²) in [5.41, 5.74) is 1.73. The largest absolute Gasteiger partial charge is 0.295 e. The molecule has 2 nitrogen and oxygen atoms in total. The zero-order valence-corrected chi connectivity index (χ0v) is 15.3. The molecule has 4 bridgehead atoms. The summed E-state index contributed by atoms with van der Waals surface area (Å²) in [4.78, 5) is 5.45. The third-order valence-corrected chi connectivity index (χ3v) is 7.36. The van der Waals surface area contributed by atoms with Gasteiger partial charge in [-0.1, -0.05) is 30.0 Å². The second-order valence-corrected chi connectivity index (χ2v) is 9.07. The first-order chi connectivity index (χ1) is 12.3. The van der Waals surface area contributed by atoms with Crippen LogP contribution in [0.1, 0.15) is 44.1 Å². The van der Waals surface area contributed by atoms with Crippen molar-refractivity contribution in [2.45, 2.75) is 44.1 Å². The highest BCUT2D eigenvalue weighted by atomic mass is 15.3. The van der Waals surface area contributed by atoms with Crippen LogP contribution in [0.2, 0.25) is 0 Å². The summed E-state index contributed by atoms with van der Waals surface area (Å²) in [5.74, 6) is 9.85. The summed E-state index contributed by atoms with van der Waals surface area (Å²) in [5, 5.41) is 0. The second kappa shape index (κ2) is 6.45. The van der Waals surface area contributed by atoms with Crippen LogP contribution in [0.25, 0.3) is 0 Å². The van der Waals surface area contributed by atoms with Gasteiger partial charge in [-0.25, -0.2) is 0 Å². The quantitative estimate of drug-likeness (QED) is 0.762. The van der Waals surface area contributed by atoms with E-state index >= 15 is 0 Å². The van der Waals surface area contributed by atoms with Gasteiger partial charge in [-0.2, -0.15) is 0 Å². The summed E-state index contributed by atoms with van der Waals surface area (Å²) < 4.78 is 0. The Labute approximate surface area is 152 Å². The van der Waals surface area contributed by atoms with E-state index in [1.807, 2.05) is 0 Å². The van der Waals surface area contributed by atoms with Crippen molar-refractivity contribution >= 4 is 0 Å². The predicted molar refractivity (Wildman–Crippen MR) is 102 cm³/mol. The highest BCUT2D eigenvalue weighted by Gasteiger charge is 2.53. The molecule has 5 fully saturated rings. The van der Waals surface area contributed by atoms with Crippen molar-refractivity contribution < 1.29 is 0 Å². The lowest BCUT2D eigenvalue weighted by Crippen LogP contribution is -2.63. The van der Waals surface area contributed by atoms with Crippen molar-refractivity contribution in [3.8, 4) is 11.8 Å². The average Bonchev–Trinajstić information content (AvgIpc) is 2.62. The van der Waals surface area contributed by atoms with Gasteiger partial charge in [-0.3, -0.25) is 9.80 Å². The molecule has 1 saturated heterocycles. The van der Waals surface area contributed by atoms with Crippen molar-refractivity contribution in [3.63, 3.8) is 0 Å². The molecule has 4 aliphatic carbocycles. The Morgan fingerprint density at radius 2 is 1.44 bits per heavy atom. The number of nitrogens with zero attached hydrogens (tertiary/aromatic N) is 2. The zero-order valence-electron chi connectivity index (χ0n) is 15.3. The molecule has 0 radical (unpaired) electrons. The Bertz CT molecular complexity index is 625. The predicted octanol–water partition coefficient (Wildman–Crippen LogP) is 3.62. The first kappa shape index (κ1) is 15.9. The Hall–Kier alpha value is -1.30. The lowest BCUT2D eigenvalue weighted by Gasteiger charge is -2.61. The molecular weight excluding hydrogens is 304 g/mol. The fraction of sp³-hybridized carbons (Fsp3) is 0.652. The first-order valence-electron chi connectivity index (χ1n) is 10.3. The van der Waals surface area contributed by atoms with Crippen molar-refractivity contribution in [3.05, 3.63) is 35.9 Å². The molecule has 0 atom stereocenters. The minimum absolute atomic E-state index is 0.594. The van der Waals surface area contributed by atoms with Crippen LogP contribution in [0.3, 0.4) is 0 Å². The van der Waals surface area contributed by atoms with E-state index in [4.69, 9.17) is 0 Å². The van der Waals surface area contributed by atoms with E-state index in [2.05, 4.69) is 52.0 Å². The van der Waals surface area contributed by atoms with Crippen LogP contribution in [-0.2, 0) is 0 Å². The van der Waals surface area contributed by atoms with Crippen LogP contribution in [0.5, 0.6) is 0 Å². The molecule has 132 valence electrons. The van der Waals surface area contributed by atoms with Gasteiger partial charge in [0.25, 0.3) is 0 Å². The molecule has 4 saturated carbocycles. The van der Waals surface area contributed by atoms with Crippen LogP contribution in [0.4, 0.5) is 0 Å². The Balaban J connectivity index is 1.18. The van der Waals surface area contributed by atoms with Gasteiger partial charge in [0.05, 0.1) is 6.54 Å². The SMILES string of the molecule is C(#Cc1ccccc1)CN1CCN(C23CC4CC(CC(C4)C2)C3)CC1. The number of hydrogen-bond donors (Lipinski definition) is 0. The van der Waals surface area contributed by atoms with Gasteiger partial charge in [0, 0.05) is 37.3 Å². The maximum Gasteiger partial charge on any atom is 0.0606 e. The van der Waals surface area contributed by atoms with E-state index in [9.17, 15) is 0 Å². The Morgan fingerprint density at radius 3 is 2.04 bits per heavy atom. The molecule has 1 heterocycles. The fourth-order valence-corrected chi connectivity index (χ4v) is 6.61. The number of hydrogen-bond acceptors (Lipinski definition) is 2. The molecule has 0 aromatic heterocycles. The van der Waals surface area contributed by atoms with E-state index in [0.717, 1.165) is 29.9 Å². The minimum atomic E-state index is 0.594. The normalized spacial score (nSPS) is 37.7. The maximum atomic E-state index is 3.38. The Morgan fingerprint density at radius 1 is 0.840 bits per heavy atom. The monoisotopic (exact) mass is 334 g/mol. The standard InChI is InChI=1S/C23H30N2/c1-2-5-19(6-3-1)7-4-8-24-9-11-25(12-10-24)23-16-20-13-21(17-23)15-22(14-20)18-23/h1-3,5-6,20-22H,8-18H2. The molecule has 0 N–H and O–H groups in total. The number of benzene rings is 1. The van der Waals surface area contributed by atoms with Crippen LogP contribution >= 0.6 is 0 Å². The smallest absolute Gasteiger partial charge is 0.0606 e. The number of piperazine rings is 1. The van der Waals surface area contributed by atoms with E-state index in [1.165, 1.54) is 45.4 Å². The van der Waals surface area contributed by atoms with E-state index in [1.54, 1.807) is 19.3 Å². The highest BCUT2D eigenvalue weighted by Crippen LogP contribution is 2.57. The zero-order chi connectivity index (χ0) is 16.7. The summed E-state index contributed by atoms with van der Waals surface area (Å²) in [7, 11) is 0. The molecule has 1 aromatic rings. The first-order valence-corrected chi connectivity index (χ1v) is 10.3. The van der Waals surface area contributed by atoms with Crippen molar-refractivity contribution in [1.82, 2.24) is 9.80 Å². The van der Waals surface area contributed by atoms with Gasteiger partial charge >= 0.3 is 0 Å². The third kappa shape index (κ3) is 3.14. The molecule has 1 aromatic carbocycles. The van der Waals surface area contributed by atoms with Crippen molar-refractivity contribution in [2.24, 2.45) is 17.8 Å². The van der Waals surface area contributed by atoms with Crippen molar-refractivity contribution in [1.29, 1.82) is 0 Å². The molecule has 1 aliphatic heterocycles. The third-order valence-electron chi connectivity index (χ3n) is 7.36. The second-order valence-electron chi connectivity index (χ2n) is 9.07. The molecule has 0 spiro atoms. The molecule has 0 unspecified atom stereocenters. The summed E-state index contributed by atoms with van der Waals surface area (Å²) in [6.45, 7) is 5.85. The lowest BCUT2D eigenvalue weighted by molar-refractivity contribution is -0.100.